The number of nitrogens with two attached hydrogens (primary N) is 1. The monoisotopic (exact) mass is 273 g/mol. The van der Waals surface area contributed by atoms with Gasteiger partial charge in [-0.1, -0.05) is 52.8 Å². The van der Waals surface area contributed by atoms with E-state index in [1.54, 1.807) is 0 Å². The summed E-state index contributed by atoms with van der Waals surface area (Å²) in [5, 5.41) is 1.18. The second-order valence-corrected chi connectivity index (χ2v) is 6.90. The van der Waals surface area contributed by atoms with Crippen LogP contribution in [-0.2, 0) is 6.42 Å². The zero-order chi connectivity index (χ0) is 14.9. The summed E-state index contributed by atoms with van der Waals surface area (Å²) in [5.41, 5.74) is 8.97. The van der Waals surface area contributed by atoms with Crippen LogP contribution >= 0.6 is 0 Å². The summed E-state index contributed by atoms with van der Waals surface area (Å²) in [7, 11) is 0. The summed E-state index contributed by atoms with van der Waals surface area (Å²) in [6.07, 6.45) is 1.88. The number of benzene rings is 1. The molecular weight excluding hydrogens is 246 g/mol. The fraction of sp³-hybridized carbons (Fsp3) is 0.556. The number of hydrogen-bond acceptors (Lipinski definition) is 2. The first-order valence-corrected chi connectivity index (χ1v) is 7.60. The number of rotatable bonds is 4. The Morgan fingerprint density at radius 1 is 1.20 bits per heavy atom. The van der Waals surface area contributed by atoms with Gasteiger partial charge in [0.05, 0.1) is 0 Å². The van der Waals surface area contributed by atoms with E-state index in [1.165, 1.54) is 10.9 Å². The van der Waals surface area contributed by atoms with Gasteiger partial charge in [-0.15, -0.1) is 0 Å². The normalized spacial score (nSPS) is 15.5. The predicted molar refractivity (Wildman–Crippen MR) is 85.8 cm³/mol. The third-order valence-electron chi connectivity index (χ3n) is 4.49. The first kappa shape index (κ1) is 15.1. The molecule has 2 aromatic rings. The van der Waals surface area contributed by atoms with E-state index in [9.17, 15) is 0 Å². The molecule has 1 aromatic carbocycles. The molecule has 20 heavy (non-hydrogen) atoms. The molecule has 2 nitrogen and oxygen atoms in total. The minimum absolute atomic E-state index is 0.0443. The van der Waals surface area contributed by atoms with Crippen LogP contribution in [0.2, 0.25) is 0 Å². The summed E-state index contributed by atoms with van der Waals surface area (Å²) in [4.78, 5) is 0. The summed E-state index contributed by atoms with van der Waals surface area (Å²) < 4.78 is 5.96. The highest BCUT2D eigenvalue weighted by Gasteiger charge is 2.26. The molecule has 2 rings (SSSR count). The van der Waals surface area contributed by atoms with Crippen molar-refractivity contribution in [1.82, 2.24) is 0 Å². The zero-order valence-electron chi connectivity index (χ0n) is 13.4. The molecule has 0 aliphatic heterocycles. The predicted octanol–water partition coefficient (Wildman–Crippen LogP) is 5.07. The molecule has 0 radical (unpaired) electrons. The summed E-state index contributed by atoms with van der Waals surface area (Å²) in [6.45, 7) is 11.2. The van der Waals surface area contributed by atoms with E-state index in [0.29, 0.717) is 5.92 Å². The SMILES string of the molecule is CCc1oc2ccccc2c1C(N)CC(C)C(C)(C)C. The number of aryl methyl sites for hydroxylation is 1. The van der Waals surface area contributed by atoms with Crippen molar-refractivity contribution in [2.45, 2.75) is 53.5 Å². The minimum Gasteiger partial charge on any atom is -0.461 e. The van der Waals surface area contributed by atoms with E-state index in [2.05, 4.69) is 46.8 Å². The molecule has 0 spiro atoms. The second kappa shape index (κ2) is 5.61. The van der Waals surface area contributed by atoms with E-state index in [4.69, 9.17) is 10.2 Å². The third kappa shape index (κ3) is 2.90. The molecule has 2 N–H and O–H groups in total. The maximum absolute atomic E-state index is 6.52. The summed E-state index contributed by atoms with van der Waals surface area (Å²) >= 11 is 0. The van der Waals surface area contributed by atoms with Crippen molar-refractivity contribution in [3.63, 3.8) is 0 Å². The Morgan fingerprint density at radius 2 is 1.85 bits per heavy atom. The van der Waals surface area contributed by atoms with Gasteiger partial charge in [0.2, 0.25) is 0 Å². The average Bonchev–Trinajstić information content (AvgIpc) is 2.75. The topological polar surface area (TPSA) is 39.2 Å². The molecule has 1 aromatic heterocycles. The lowest BCUT2D eigenvalue weighted by Gasteiger charge is -2.29. The molecule has 2 heteroatoms. The van der Waals surface area contributed by atoms with Crippen LogP contribution in [0.4, 0.5) is 0 Å². The average molecular weight is 273 g/mol. The van der Waals surface area contributed by atoms with Gasteiger partial charge in [-0.2, -0.15) is 0 Å². The van der Waals surface area contributed by atoms with Crippen LogP contribution in [0.1, 0.15) is 58.4 Å². The zero-order valence-corrected chi connectivity index (χ0v) is 13.4. The molecule has 0 aliphatic carbocycles. The lowest BCUT2D eigenvalue weighted by atomic mass is 9.77. The first-order valence-electron chi connectivity index (χ1n) is 7.60. The van der Waals surface area contributed by atoms with Crippen molar-refractivity contribution in [2.75, 3.05) is 0 Å². The van der Waals surface area contributed by atoms with Gasteiger partial charge >= 0.3 is 0 Å². The van der Waals surface area contributed by atoms with E-state index in [-0.39, 0.29) is 11.5 Å². The molecule has 1 heterocycles. The van der Waals surface area contributed by atoms with Crippen molar-refractivity contribution < 1.29 is 4.42 Å². The van der Waals surface area contributed by atoms with Gasteiger partial charge in [-0.3, -0.25) is 0 Å². The van der Waals surface area contributed by atoms with Crippen molar-refractivity contribution in [3.8, 4) is 0 Å². The lowest BCUT2D eigenvalue weighted by Crippen LogP contribution is -2.23. The van der Waals surface area contributed by atoms with Gasteiger partial charge in [0.25, 0.3) is 0 Å². The van der Waals surface area contributed by atoms with E-state index in [1.807, 2.05) is 12.1 Å². The quantitative estimate of drug-likeness (QED) is 0.845. The smallest absolute Gasteiger partial charge is 0.134 e. The van der Waals surface area contributed by atoms with E-state index >= 15 is 0 Å². The number of para-hydroxylation sites is 1. The highest BCUT2D eigenvalue weighted by atomic mass is 16.3. The number of fused-ring (bicyclic) bond motifs is 1. The van der Waals surface area contributed by atoms with Crippen LogP contribution in [0.5, 0.6) is 0 Å². The van der Waals surface area contributed by atoms with Gasteiger partial charge in [0, 0.05) is 23.4 Å². The van der Waals surface area contributed by atoms with Crippen LogP contribution in [0.25, 0.3) is 11.0 Å². The van der Waals surface area contributed by atoms with Gasteiger partial charge < -0.3 is 10.2 Å². The van der Waals surface area contributed by atoms with E-state index in [0.717, 1.165) is 24.2 Å². The molecule has 0 aliphatic rings. The largest absolute Gasteiger partial charge is 0.461 e. The first-order chi connectivity index (χ1) is 9.34. The molecular formula is C18H27NO. The Hall–Kier alpha value is -1.28. The van der Waals surface area contributed by atoms with Crippen molar-refractivity contribution in [1.29, 1.82) is 0 Å². The van der Waals surface area contributed by atoms with Crippen molar-refractivity contribution in [2.24, 2.45) is 17.1 Å². The standard InChI is InChI=1S/C18H27NO/c1-6-15-17(13-9-7-8-10-16(13)20-15)14(19)11-12(2)18(3,4)5/h7-10,12,14H,6,11,19H2,1-5H3. The molecule has 0 saturated heterocycles. The summed E-state index contributed by atoms with van der Waals surface area (Å²) in [5.74, 6) is 1.61. The molecule has 2 unspecified atom stereocenters. The Balaban J connectivity index is 2.36. The van der Waals surface area contributed by atoms with Crippen molar-refractivity contribution >= 4 is 11.0 Å². The molecule has 0 amide bonds. The minimum atomic E-state index is 0.0443. The number of furan rings is 1. The molecule has 0 saturated carbocycles. The maximum atomic E-state index is 6.52. The Kier molecular flexibility index (Phi) is 4.24. The van der Waals surface area contributed by atoms with Gasteiger partial charge in [0.15, 0.2) is 0 Å². The van der Waals surface area contributed by atoms with Crippen LogP contribution in [0, 0.1) is 11.3 Å². The fourth-order valence-corrected chi connectivity index (χ4v) is 2.64. The third-order valence-corrected chi connectivity index (χ3v) is 4.49. The Labute approximate surface area is 122 Å². The molecule has 0 fully saturated rings. The van der Waals surface area contributed by atoms with E-state index < -0.39 is 0 Å². The van der Waals surface area contributed by atoms with Gasteiger partial charge in [-0.05, 0) is 23.8 Å². The fourth-order valence-electron chi connectivity index (χ4n) is 2.64. The lowest BCUT2D eigenvalue weighted by molar-refractivity contribution is 0.233. The number of hydrogen-bond donors (Lipinski definition) is 1. The molecule has 2 atom stereocenters. The van der Waals surface area contributed by atoms with Crippen LogP contribution in [0.15, 0.2) is 28.7 Å². The summed E-state index contributed by atoms with van der Waals surface area (Å²) in [6, 6.07) is 8.26. The van der Waals surface area contributed by atoms with Crippen LogP contribution in [-0.4, -0.2) is 0 Å². The van der Waals surface area contributed by atoms with Crippen molar-refractivity contribution in [3.05, 3.63) is 35.6 Å². The van der Waals surface area contributed by atoms with Crippen LogP contribution < -0.4 is 5.73 Å². The van der Waals surface area contributed by atoms with Gasteiger partial charge in [-0.25, -0.2) is 0 Å². The Morgan fingerprint density at radius 3 is 2.45 bits per heavy atom. The maximum Gasteiger partial charge on any atom is 0.134 e. The van der Waals surface area contributed by atoms with Crippen LogP contribution in [0.3, 0.4) is 0 Å². The molecule has 0 bridgehead atoms. The molecule has 110 valence electrons. The Bertz CT molecular complexity index is 577. The highest BCUT2D eigenvalue weighted by Crippen LogP contribution is 2.37. The van der Waals surface area contributed by atoms with Gasteiger partial charge in [0.1, 0.15) is 11.3 Å². The highest BCUT2D eigenvalue weighted by molar-refractivity contribution is 5.82. The second-order valence-electron chi connectivity index (χ2n) is 6.90.